The molecule has 1 nitrogen and oxygen atoms in total. The Morgan fingerprint density at radius 3 is 2.67 bits per heavy atom. The number of ether oxygens (including phenoxy) is 1. The van der Waals surface area contributed by atoms with E-state index in [1.165, 1.54) is 12.8 Å². The standard InChI is InChI=1S/C7H15BrO/c1-7(6-8)4-3-5-9-2/h7H,3-6H2,1-2H3. The van der Waals surface area contributed by atoms with Crippen LogP contribution in [0, 0.1) is 5.92 Å². The van der Waals surface area contributed by atoms with Crippen molar-refractivity contribution in [1.82, 2.24) is 0 Å². The molecule has 0 aromatic carbocycles. The smallest absolute Gasteiger partial charge is 0.0462 e. The highest BCUT2D eigenvalue weighted by molar-refractivity contribution is 9.09. The van der Waals surface area contributed by atoms with E-state index in [-0.39, 0.29) is 0 Å². The Labute approximate surface area is 65.9 Å². The monoisotopic (exact) mass is 194 g/mol. The second kappa shape index (κ2) is 6.56. The lowest BCUT2D eigenvalue weighted by Gasteiger charge is -2.04. The molecule has 9 heavy (non-hydrogen) atoms. The van der Waals surface area contributed by atoms with E-state index < -0.39 is 0 Å². The quantitative estimate of drug-likeness (QED) is 0.483. The molecule has 0 bridgehead atoms. The molecule has 0 spiro atoms. The largest absolute Gasteiger partial charge is 0.385 e. The van der Waals surface area contributed by atoms with Crippen LogP contribution in [0.2, 0.25) is 0 Å². The molecule has 0 fully saturated rings. The van der Waals surface area contributed by atoms with Crippen molar-refractivity contribution in [3.05, 3.63) is 0 Å². The van der Waals surface area contributed by atoms with Crippen molar-refractivity contribution in [2.24, 2.45) is 5.92 Å². The van der Waals surface area contributed by atoms with E-state index in [0.717, 1.165) is 17.9 Å². The van der Waals surface area contributed by atoms with Gasteiger partial charge >= 0.3 is 0 Å². The van der Waals surface area contributed by atoms with Crippen molar-refractivity contribution in [3.8, 4) is 0 Å². The van der Waals surface area contributed by atoms with Gasteiger partial charge in [0.1, 0.15) is 0 Å². The minimum absolute atomic E-state index is 0.792. The summed E-state index contributed by atoms with van der Waals surface area (Å²) >= 11 is 3.43. The third kappa shape index (κ3) is 6.32. The van der Waals surface area contributed by atoms with E-state index in [2.05, 4.69) is 22.9 Å². The van der Waals surface area contributed by atoms with Gasteiger partial charge in [0.05, 0.1) is 0 Å². The second-order valence-electron chi connectivity index (χ2n) is 2.39. The summed E-state index contributed by atoms with van der Waals surface area (Å²) in [6.45, 7) is 3.14. The van der Waals surface area contributed by atoms with Gasteiger partial charge in [-0.15, -0.1) is 0 Å². The first-order chi connectivity index (χ1) is 4.31. The molecular weight excluding hydrogens is 180 g/mol. The van der Waals surface area contributed by atoms with Crippen LogP contribution in [0.1, 0.15) is 19.8 Å². The van der Waals surface area contributed by atoms with Crippen LogP contribution < -0.4 is 0 Å². The maximum atomic E-state index is 4.92. The highest BCUT2D eigenvalue weighted by atomic mass is 79.9. The van der Waals surface area contributed by atoms with Crippen LogP contribution in [-0.2, 0) is 4.74 Å². The maximum Gasteiger partial charge on any atom is 0.0462 e. The van der Waals surface area contributed by atoms with Gasteiger partial charge in [-0.1, -0.05) is 22.9 Å². The van der Waals surface area contributed by atoms with Gasteiger partial charge in [0.2, 0.25) is 0 Å². The molecule has 0 aliphatic carbocycles. The molecule has 2 heteroatoms. The van der Waals surface area contributed by atoms with Gasteiger partial charge in [-0.05, 0) is 18.8 Å². The highest BCUT2D eigenvalue weighted by Gasteiger charge is 1.97. The van der Waals surface area contributed by atoms with Gasteiger partial charge < -0.3 is 4.74 Å². The first-order valence-electron chi connectivity index (χ1n) is 3.36. The predicted octanol–water partition coefficient (Wildman–Crippen LogP) is 2.44. The van der Waals surface area contributed by atoms with E-state index in [1.54, 1.807) is 7.11 Å². The van der Waals surface area contributed by atoms with Crippen molar-refractivity contribution in [3.63, 3.8) is 0 Å². The van der Waals surface area contributed by atoms with E-state index in [4.69, 9.17) is 4.74 Å². The van der Waals surface area contributed by atoms with Crippen LogP contribution in [-0.4, -0.2) is 19.0 Å². The van der Waals surface area contributed by atoms with Crippen LogP contribution in [0.5, 0.6) is 0 Å². The van der Waals surface area contributed by atoms with E-state index in [9.17, 15) is 0 Å². The molecule has 0 radical (unpaired) electrons. The molecule has 0 aromatic rings. The average Bonchev–Trinajstić information content (AvgIpc) is 1.89. The van der Waals surface area contributed by atoms with Crippen molar-refractivity contribution >= 4 is 15.9 Å². The van der Waals surface area contributed by atoms with Gasteiger partial charge in [0.25, 0.3) is 0 Å². The number of alkyl halides is 1. The lowest BCUT2D eigenvalue weighted by Crippen LogP contribution is -1.98. The normalized spacial score (nSPS) is 13.7. The third-order valence-corrected chi connectivity index (χ3v) is 2.41. The Morgan fingerprint density at radius 2 is 2.22 bits per heavy atom. The molecule has 0 rings (SSSR count). The summed E-state index contributed by atoms with van der Waals surface area (Å²) in [5.41, 5.74) is 0. The Hall–Kier alpha value is 0.440. The zero-order chi connectivity index (χ0) is 7.11. The van der Waals surface area contributed by atoms with Crippen molar-refractivity contribution in [1.29, 1.82) is 0 Å². The Balaban J connectivity index is 2.88. The molecule has 0 heterocycles. The summed E-state index contributed by atoms with van der Waals surface area (Å²) in [7, 11) is 1.75. The minimum Gasteiger partial charge on any atom is -0.385 e. The minimum atomic E-state index is 0.792. The second-order valence-corrected chi connectivity index (χ2v) is 3.04. The summed E-state index contributed by atoms with van der Waals surface area (Å²) in [6.07, 6.45) is 2.45. The zero-order valence-electron chi connectivity index (χ0n) is 6.19. The average molecular weight is 195 g/mol. The Bertz CT molecular complexity index is 56.9. The molecule has 0 aliphatic rings. The van der Waals surface area contributed by atoms with E-state index >= 15 is 0 Å². The molecule has 1 atom stereocenters. The van der Waals surface area contributed by atoms with Gasteiger partial charge in [-0.25, -0.2) is 0 Å². The first kappa shape index (κ1) is 9.44. The number of hydrogen-bond donors (Lipinski definition) is 0. The fourth-order valence-corrected chi connectivity index (χ4v) is 0.977. The summed E-state index contributed by atoms with van der Waals surface area (Å²) in [5.74, 6) is 0.792. The van der Waals surface area contributed by atoms with Crippen molar-refractivity contribution in [2.75, 3.05) is 19.0 Å². The Morgan fingerprint density at radius 1 is 1.56 bits per heavy atom. The first-order valence-corrected chi connectivity index (χ1v) is 4.48. The molecule has 0 aromatic heterocycles. The molecule has 1 unspecified atom stereocenters. The number of methoxy groups -OCH3 is 1. The van der Waals surface area contributed by atoms with Crippen LogP contribution in [0.4, 0.5) is 0 Å². The Kier molecular flexibility index (Phi) is 6.88. The van der Waals surface area contributed by atoms with Crippen LogP contribution in [0.25, 0.3) is 0 Å². The van der Waals surface area contributed by atoms with Gasteiger partial charge in [0, 0.05) is 19.0 Å². The molecular formula is C7H15BrO. The van der Waals surface area contributed by atoms with Crippen molar-refractivity contribution < 1.29 is 4.74 Å². The van der Waals surface area contributed by atoms with Crippen LogP contribution >= 0.6 is 15.9 Å². The summed E-state index contributed by atoms with van der Waals surface area (Å²) in [4.78, 5) is 0. The van der Waals surface area contributed by atoms with Gasteiger partial charge in [-0.2, -0.15) is 0 Å². The van der Waals surface area contributed by atoms with Crippen LogP contribution in [0.15, 0.2) is 0 Å². The molecule has 56 valence electrons. The van der Waals surface area contributed by atoms with E-state index in [0.29, 0.717) is 0 Å². The fraction of sp³-hybridized carbons (Fsp3) is 1.00. The SMILES string of the molecule is COCCCC(C)CBr. The lowest BCUT2D eigenvalue weighted by atomic mass is 10.1. The molecule has 0 N–H and O–H groups in total. The molecule has 0 saturated heterocycles. The van der Waals surface area contributed by atoms with Gasteiger partial charge in [-0.3, -0.25) is 0 Å². The number of rotatable bonds is 5. The van der Waals surface area contributed by atoms with Gasteiger partial charge in [0.15, 0.2) is 0 Å². The molecule has 0 saturated carbocycles. The third-order valence-electron chi connectivity index (χ3n) is 1.31. The highest BCUT2D eigenvalue weighted by Crippen LogP contribution is 2.07. The summed E-state index contributed by atoms with van der Waals surface area (Å²) in [5, 5.41) is 1.11. The number of halogens is 1. The molecule has 0 aliphatic heterocycles. The molecule has 0 amide bonds. The number of hydrogen-bond acceptors (Lipinski definition) is 1. The fourth-order valence-electron chi connectivity index (χ4n) is 0.653. The zero-order valence-corrected chi connectivity index (χ0v) is 7.78. The predicted molar refractivity (Wildman–Crippen MR) is 44.1 cm³/mol. The summed E-state index contributed by atoms with van der Waals surface area (Å²) < 4.78 is 4.92. The van der Waals surface area contributed by atoms with Crippen molar-refractivity contribution in [2.45, 2.75) is 19.8 Å². The van der Waals surface area contributed by atoms with E-state index in [1.807, 2.05) is 0 Å². The maximum absolute atomic E-state index is 4.92. The topological polar surface area (TPSA) is 9.23 Å². The van der Waals surface area contributed by atoms with Crippen LogP contribution in [0.3, 0.4) is 0 Å². The summed E-state index contributed by atoms with van der Waals surface area (Å²) in [6, 6.07) is 0. The lowest BCUT2D eigenvalue weighted by molar-refractivity contribution is 0.189.